The fraction of sp³-hybridized carbons (Fsp3) is 0.318. The van der Waals surface area contributed by atoms with Crippen LogP contribution in [0.3, 0.4) is 0 Å². The normalized spacial score (nSPS) is 10.7. The highest BCUT2D eigenvalue weighted by Gasteiger charge is 2.16. The van der Waals surface area contributed by atoms with Gasteiger partial charge in [0.1, 0.15) is 12.2 Å². The number of amides is 1. The Hall–Kier alpha value is -3.19. The van der Waals surface area contributed by atoms with Gasteiger partial charge in [-0.3, -0.25) is 9.48 Å². The third-order valence-electron chi connectivity index (χ3n) is 4.67. The van der Waals surface area contributed by atoms with Gasteiger partial charge in [0.05, 0.1) is 18.8 Å². The summed E-state index contributed by atoms with van der Waals surface area (Å²) in [6, 6.07) is 13.6. The molecule has 0 aliphatic heterocycles. The first kappa shape index (κ1) is 20.5. The minimum Gasteiger partial charge on any atom is -0.475 e. The third kappa shape index (κ3) is 5.20. The van der Waals surface area contributed by atoms with E-state index in [1.165, 1.54) is 5.56 Å². The van der Waals surface area contributed by atoms with Crippen LogP contribution in [0.1, 0.15) is 32.9 Å². The van der Waals surface area contributed by atoms with Gasteiger partial charge in [-0.2, -0.15) is 5.10 Å². The molecule has 0 aliphatic carbocycles. The Morgan fingerprint density at radius 1 is 1.10 bits per heavy atom. The number of rotatable bonds is 9. The zero-order valence-electron chi connectivity index (χ0n) is 17.0. The molecule has 0 bridgehead atoms. The summed E-state index contributed by atoms with van der Waals surface area (Å²) in [5.41, 5.74) is 4.54. The molecule has 3 aromatic rings. The number of ether oxygens (including phenoxy) is 2. The van der Waals surface area contributed by atoms with Crippen molar-refractivity contribution in [2.75, 3.05) is 20.3 Å². The number of pyridine rings is 1. The van der Waals surface area contributed by atoms with Crippen molar-refractivity contribution in [3.05, 3.63) is 76.7 Å². The number of hydrogen-bond acceptors (Lipinski definition) is 5. The van der Waals surface area contributed by atoms with Gasteiger partial charge in [0, 0.05) is 31.1 Å². The summed E-state index contributed by atoms with van der Waals surface area (Å²) in [5, 5.41) is 7.60. The number of methoxy groups -OCH3 is 1. The molecule has 0 atom stereocenters. The maximum atomic E-state index is 12.7. The van der Waals surface area contributed by atoms with Gasteiger partial charge in [-0.15, -0.1) is 0 Å². The second-order valence-electron chi connectivity index (χ2n) is 6.67. The molecule has 0 radical (unpaired) electrons. The molecule has 3 rings (SSSR count). The molecular weight excluding hydrogens is 368 g/mol. The predicted octanol–water partition coefficient (Wildman–Crippen LogP) is 2.90. The van der Waals surface area contributed by atoms with Crippen molar-refractivity contribution in [2.45, 2.75) is 26.9 Å². The molecule has 0 aliphatic rings. The van der Waals surface area contributed by atoms with Crippen molar-refractivity contribution in [1.82, 2.24) is 20.1 Å². The average Bonchev–Trinajstić information content (AvgIpc) is 3.00. The van der Waals surface area contributed by atoms with Crippen LogP contribution in [0, 0.1) is 13.8 Å². The molecule has 152 valence electrons. The van der Waals surface area contributed by atoms with Crippen molar-refractivity contribution in [1.29, 1.82) is 0 Å². The summed E-state index contributed by atoms with van der Waals surface area (Å²) in [6.45, 7) is 5.82. The summed E-state index contributed by atoms with van der Waals surface area (Å²) in [7, 11) is 1.60. The molecule has 7 heteroatoms. The molecule has 2 heterocycles. The Morgan fingerprint density at radius 3 is 2.66 bits per heavy atom. The minimum atomic E-state index is -0.236. The zero-order valence-corrected chi connectivity index (χ0v) is 17.0. The van der Waals surface area contributed by atoms with E-state index in [0.717, 1.165) is 17.0 Å². The summed E-state index contributed by atoms with van der Waals surface area (Å²) >= 11 is 0. The number of nitrogens with one attached hydrogen (secondary N) is 1. The van der Waals surface area contributed by atoms with Crippen LogP contribution in [0.15, 0.2) is 48.7 Å². The van der Waals surface area contributed by atoms with E-state index in [0.29, 0.717) is 37.7 Å². The topological polar surface area (TPSA) is 78.3 Å². The average molecular weight is 394 g/mol. The molecule has 29 heavy (non-hydrogen) atoms. The van der Waals surface area contributed by atoms with Crippen LogP contribution >= 0.6 is 0 Å². The Kier molecular flexibility index (Phi) is 6.97. The Balaban J connectivity index is 1.68. The molecule has 1 amide bonds. The van der Waals surface area contributed by atoms with E-state index in [9.17, 15) is 4.79 Å². The highest BCUT2D eigenvalue weighted by Crippen LogP contribution is 2.17. The number of aromatic nitrogens is 3. The van der Waals surface area contributed by atoms with Gasteiger partial charge >= 0.3 is 0 Å². The molecular formula is C22H26N4O3. The fourth-order valence-electron chi connectivity index (χ4n) is 3.06. The molecule has 0 saturated carbocycles. The van der Waals surface area contributed by atoms with Crippen LogP contribution in [-0.2, 0) is 17.8 Å². The summed E-state index contributed by atoms with van der Waals surface area (Å²) < 4.78 is 12.5. The summed E-state index contributed by atoms with van der Waals surface area (Å²) in [6.07, 6.45) is 1.60. The monoisotopic (exact) mass is 394 g/mol. The van der Waals surface area contributed by atoms with Gasteiger partial charge < -0.3 is 14.8 Å². The van der Waals surface area contributed by atoms with Crippen LogP contribution in [-0.4, -0.2) is 41.0 Å². The van der Waals surface area contributed by atoms with Crippen molar-refractivity contribution < 1.29 is 14.3 Å². The van der Waals surface area contributed by atoms with E-state index in [1.54, 1.807) is 25.4 Å². The molecule has 2 aromatic heterocycles. The number of carbonyl (C=O) groups excluding carboxylic acids is 1. The van der Waals surface area contributed by atoms with Crippen LogP contribution < -0.4 is 10.1 Å². The minimum absolute atomic E-state index is 0.236. The molecule has 0 saturated heterocycles. The van der Waals surface area contributed by atoms with Gasteiger partial charge in [-0.1, -0.05) is 30.3 Å². The SMILES string of the molecule is COCCOc1ncccc1C(=O)NCc1c(C)nn(Cc2ccccc2)c1C. The number of hydrogen-bond donors (Lipinski definition) is 1. The lowest BCUT2D eigenvalue weighted by Crippen LogP contribution is -2.24. The highest BCUT2D eigenvalue weighted by atomic mass is 16.5. The van der Waals surface area contributed by atoms with Crippen molar-refractivity contribution >= 4 is 5.91 Å². The van der Waals surface area contributed by atoms with Crippen molar-refractivity contribution in [3.8, 4) is 5.88 Å². The number of nitrogens with zero attached hydrogens (tertiary/aromatic N) is 3. The highest BCUT2D eigenvalue weighted by molar-refractivity contribution is 5.96. The maximum absolute atomic E-state index is 12.7. The number of carbonyl (C=O) groups is 1. The third-order valence-corrected chi connectivity index (χ3v) is 4.67. The molecule has 0 unspecified atom stereocenters. The van der Waals surface area contributed by atoms with Gasteiger partial charge in [0.15, 0.2) is 0 Å². The smallest absolute Gasteiger partial charge is 0.257 e. The van der Waals surface area contributed by atoms with E-state index in [1.807, 2.05) is 36.7 Å². The van der Waals surface area contributed by atoms with E-state index in [-0.39, 0.29) is 5.91 Å². The predicted molar refractivity (Wildman–Crippen MR) is 110 cm³/mol. The molecule has 0 fully saturated rings. The second kappa shape index (κ2) is 9.84. The Labute approximate surface area is 170 Å². The van der Waals surface area contributed by atoms with Crippen molar-refractivity contribution in [3.63, 3.8) is 0 Å². The Bertz CT molecular complexity index is 954. The van der Waals surface area contributed by atoms with Crippen LogP contribution in [0.4, 0.5) is 0 Å². The molecule has 0 spiro atoms. The largest absolute Gasteiger partial charge is 0.475 e. The first-order valence-corrected chi connectivity index (χ1v) is 9.52. The van der Waals surface area contributed by atoms with Gasteiger partial charge in [0.2, 0.25) is 5.88 Å². The fourth-order valence-corrected chi connectivity index (χ4v) is 3.06. The van der Waals surface area contributed by atoms with Gasteiger partial charge in [0.25, 0.3) is 5.91 Å². The van der Waals surface area contributed by atoms with E-state index in [2.05, 4.69) is 27.5 Å². The lowest BCUT2D eigenvalue weighted by molar-refractivity contribution is 0.0941. The zero-order chi connectivity index (χ0) is 20.6. The maximum Gasteiger partial charge on any atom is 0.257 e. The van der Waals surface area contributed by atoms with Gasteiger partial charge in [-0.25, -0.2) is 4.98 Å². The number of aryl methyl sites for hydroxylation is 1. The molecule has 7 nitrogen and oxygen atoms in total. The van der Waals surface area contributed by atoms with Crippen molar-refractivity contribution in [2.24, 2.45) is 0 Å². The first-order chi connectivity index (χ1) is 14.1. The molecule has 1 aromatic carbocycles. The lowest BCUT2D eigenvalue weighted by Gasteiger charge is -2.11. The summed E-state index contributed by atoms with van der Waals surface area (Å²) in [4.78, 5) is 16.9. The quantitative estimate of drug-likeness (QED) is 0.565. The van der Waals surface area contributed by atoms with Crippen LogP contribution in [0.5, 0.6) is 5.88 Å². The van der Waals surface area contributed by atoms with E-state index >= 15 is 0 Å². The molecule has 1 N–H and O–H groups in total. The summed E-state index contributed by atoms with van der Waals surface area (Å²) in [5.74, 6) is 0.0652. The first-order valence-electron chi connectivity index (χ1n) is 9.52. The standard InChI is InChI=1S/C22H26N4O3/c1-16-20(17(2)26(25-16)15-18-8-5-4-6-9-18)14-24-21(27)19-10-7-11-23-22(19)29-13-12-28-3/h4-11H,12-15H2,1-3H3,(H,24,27). The Morgan fingerprint density at radius 2 is 1.90 bits per heavy atom. The van der Waals surface area contributed by atoms with E-state index < -0.39 is 0 Å². The van der Waals surface area contributed by atoms with Crippen LogP contribution in [0.2, 0.25) is 0 Å². The number of benzene rings is 1. The van der Waals surface area contributed by atoms with E-state index in [4.69, 9.17) is 9.47 Å². The second-order valence-corrected chi connectivity index (χ2v) is 6.67. The van der Waals surface area contributed by atoms with Gasteiger partial charge in [-0.05, 0) is 31.5 Å². The van der Waals surface area contributed by atoms with Crippen LogP contribution in [0.25, 0.3) is 0 Å². The lowest BCUT2D eigenvalue weighted by atomic mass is 10.1.